The number of hydrogen-bond acceptors (Lipinski definition) is 3. The van der Waals surface area contributed by atoms with Crippen LogP contribution in [-0.4, -0.2) is 62.6 Å². The lowest BCUT2D eigenvalue weighted by atomic mass is 10.0. The van der Waals surface area contributed by atoms with E-state index in [1.807, 2.05) is 13.1 Å². The summed E-state index contributed by atoms with van der Waals surface area (Å²) in [6.45, 7) is 7.71. The number of benzene rings is 1. The molecule has 2 saturated heterocycles. The minimum atomic E-state index is 0.313. The van der Waals surface area contributed by atoms with Gasteiger partial charge in [0.2, 0.25) is 0 Å². The van der Waals surface area contributed by atoms with E-state index in [0.29, 0.717) is 6.04 Å². The van der Waals surface area contributed by atoms with Crippen molar-refractivity contribution in [1.82, 2.24) is 15.1 Å². The highest BCUT2D eigenvalue weighted by Crippen LogP contribution is 2.31. The van der Waals surface area contributed by atoms with Gasteiger partial charge in [-0.1, -0.05) is 25.1 Å². The molecule has 5 heteroatoms. The Labute approximate surface area is 158 Å². The van der Waals surface area contributed by atoms with Crippen molar-refractivity contribution in [2.24, 2.45) is 10.9 Å². The standard InChI is InChI=1S/C21H34N4O/c1-17-9-8-14-25(16-17)21(22-2)23-15-19(24-12-6-7-13-24)18-10-4-5-11-20(18)26-3/h4-5,10-11,17,19H,6-9,12-16H2,1-3H3,(H,22,23). The third-order valence-corrected chi connectivity index (χ3v) is 5.70. The maximum Gasteiger partial charge on any atom is 0.193 e. The van der Waals surface area contributed by atoms with Crippen LogP contribution in [-0.2, 0) is 0 Å². The number of piperidine rings is 1. The van der Waals surface area contributed by atoms with Gasteiger partial charge in [-0.05, 0) is 50.8 Å². The van der Waals surface area contributed by atoms with Gasteiger partial charge in [0.1, 0.15) is 5.75 Å². The van der Waals surface area contributed by atoms with Crippen molar-refractivity contribution < 1.29 is 4.74 Å². The number of aliphatic imine (C=N–C) groups is 1. The van der Waals surface area contributed by atoms with Crippen molar-refractivity contribution in [2.45, 2.75) is 38.6 Å². The third kappa shape index (κ3) is 4.50. The van der Waals surface area contributed by atoms with Crippen LogP contribution in [0.3, 0.4) is 0 Å². The number of hydrogen-bond donors (Lipinski definition) is 1. The van der Waals surface area contributed by atoms with Crippen LogP contribution in [0.5, 0.6) is 5.75 Å². The topological polar surface area (TPSA) is 40.1 Å². The number of guanidine groups is 1. The molecule has 0 spiro atoms. The fraction of sp³-hybridized carbons (Fsp3) is 0.667. The number of ether oxygens (including phenoxy) is 1. The average molecular weight is 359 g/mol. The first-order valence-electron chi connectivity index (χ1n) is 10.1. The minimum absolute atomic E-state index is 0.313. The number of para-hydroxylation sites is 1. The van der Waals surface area contributed by atoms with E-state index < -0.39 is 0 Å². The highest BCUT2D eigenvalue weighted by Gasteiger charge is 2.27. The highest BCUT2D eigenvalue weighted by molar-refractivity contribution is 5.80. The van der Waals surface area contributed by atoms with Crippen LogP contribution < -0.4 is 10.1 Å². The lowest BCUT2D eigenvalue weighted by Gasteiger charge is -2.35. The van der Waals surface area contributed by atoms with E-state index in [-0.39, 0.29) is 0 Å². The van der Waals surface area contributed by atoms with Crippen LogP contribution in [0.4, 0.5) is 0 Å². The molecule has 2 unspecified atom stereocenters. The molecule has 0 amide bonds. The van der Waals surface area contributed by atoms with Gasteiger partial charge in [-0.25, -0.2) is 0 Å². The van der Waals surface area contributed by atoms with Gasteiger partial charge in [0.25, 0.3) is 0 Å². The molecule has 1 aromatic rings. The summed E-state index contributed by atoms with van der Waals surface area (Å²) >= 11 is 0. The molecule has 0 bridgehead atoms. The Morgan fingerprint density at radius 3 is 2.69 bits per heavy atom. The van der Waals surface area contributed by atoms with Gasteiger partial charge in [0, 0.05) is 32.2 Å². The Kier molecular flexibility index (Phi) is 6.78. The van der Waals surface area contributed by atoms with Gasteiger partial charge in [-0.2, -0.15) is 0 Å². The SMILES string of the molecule is CN=C(NCC(c1ccccc1OC)N1CCCC1)N1CCCC(C)C1. The number of methoxy groups -OCH3 is 1. The predicted octanol–water partition coefficient (Wildman–Crippen LogP) is 3.14. The van der Waals surface area contributed by atoms with E-state index in [4.69, 9.17) is 4.74 Å². The summed E-state index contributed by atoms with van der Waals surface area (Å²) < 4.78 is 5.65. The van der Waals surface area contributed by atoms with Gasteiger partial charge in [0.15, 0.2) is 5.96 Å². The Hall–Kier alpha value is -1.75. The van der Waals surface area contributed by atoms with Crippen molar-refractivity contribution in [1.29, 1.82) is 0 Å². The number of nitrogens with one attached hydrogen (secondary N) is 1. The summed E-state index contributed by atoms with van der Waals surface area (Å²) in [6, 6.07) is 8.74. The van der Waals surface area contributed by atoms with Crippen molar-refractivity contribution in [3.63, 3.8) is 0 Å². The van der Waals surface area contributed by atoms with Crippen LogP contribution >= 0.6 is 0 Å². The van der Waals surface area contributed by atoms with Crippen molar-refractivity contribution in [2.75, 3.05) is 46.9 Å². The molecule has 2 fully saturated rings. The van der Waals surface area contributed by atoms with Gasteiger partial charge in [0.05, 0.1) is 13.2 Å². The van der Waals surface area contributed by atoms with Crippen molar-refractivity contribution >= 4 is 5.96 Å². The Balaban J connectivity index is 1.73. The molecule has 2 aliphatic heterocycles. The normalized spacial score (nSPS) is 23.1. The summed E-state index contributed by atoms with van der Waals surface area (Å²) in [5.41, 5.74) is 1.27. The van der Waals surface area contributed by atoms with Crippen LogP contribution in [0.25, 0.3) is 0 Å². The van der Waals surface area contributed by atoms with Gasteiger partial charge < -0.3 is 15.0 Å². The Morgan fingerprint density at radius 2 is 2.00 bits per heavy atom. The molecule has 3 rings (SSSR count). The first kappa shape index (κ1) is 19.0. The molecule has 0 saturated carbocycles. The summed E-state index contributed by atoms with van der Waals surface area (Å²) in [6.07, 6.45) is 5.14. The smallest absolute Gasteiger partial charge is 0.193 e. The molecule has 0 aromatic heterocycles. The average Bonchev–Trinajstić information content (AvgIpc) is 3.20. The van der Waals surface area contributed by atoms with Gasteiger partial charge in [-0.15, -0.1) is 0 Å². The number of likely N-dealkylation sites (tertiary alicyclic amines) is 2. The lowest BCUT2D eigenvalue weighted by molar-refractivity contribution is 0.231. The van der Waals surface area contributed by atoms with Gasteiger partial charge >= 0.3 is 0 Å². The van der Waals surface area contributed by atoms with Gasteiger partial charge in [-0.3, -0.25) is 9.89 Å². The zero-order chi connectivity index (χ0) is 18.4. The van der Waals surface area contributed by atoms with Crippen molar-refractivity contribution in [3.05, 3.63) is 29.8 Å². The third-order valence-electron chi connectivity index (χ3n) is 5.70. The predicted molar refractivity (Wildman–Crippen MR) is 108 cm³/mol. The maximum absolute atomic E-state index is 5.65. The summed E-state index contributed by atoms with van der Waals surface area (Å²) in [5, 5.41) is 3.67. The highest BCUT2D eigenvalue weighted by atomic mass is 16.5. The fourth-order valence-electron chi connectivity index (χ4n) is 4.33. The van der Waals surface area contributed by atoms with E-state index in [2.05, 4.69) is 45.2 Å². The minimum Gasteiger partial charge on any atom is -0.496 e. The molecule has 5 nitrogen and oxygen atoms in total. The zero-order valence-corrected chi connectivity index (χ0v) is 16.6. The molecular weight excluding hydrogens is 324 g/mol. The summed E-state index contributed by atoms with van der Waals surface area (Å²) in [7, 11) is 3.66. The van der Waals surface area contributed by atoms with E-state index in [9.17, 15) is 0 Å². The molecule has 1 aromatic carbocycles. The molecule has 144 valence electrons. The van der Waals surface area contributed by atoms with E-state index in [1.165, 1.54) is 31.2 Å². The quantitative estimate of drug-likeness (QED) is 0.648. The Bertz CT molecular complexity index is 597. The zero-order valence-electron chi connectivity index (χ0n) is 16.6. The molecule has 0 aliphatic carbocycles. The second kappa shape index (κ2) is 9.26. The van der Waals surface area contributed by atoms with Crippen LogP contribution in [0.2, 0.25) is 0 Å². The molecule has 2 heterocycles. The fourth-order valence-corrected chi connectivity index (χ4v) is 4.33. The second-order valence-corrected chi connectivity index (χ2v) is 7.62. The first-order valence-corrected chi connectivity index (χ1v) is 10.1. The van der Waals surface area contributed by atoms with E-state index in [1.54, 1.807) is 7.11 Å². The maximum atomic E-state index is 5.65. The van der Waals surface area contributed by atoms with Crippen LogP contribution in [0.15, 0.2) is 29.3 Å². The lowest BCUT2D eigenvalue weighted by Crippen LogP contribution is -2.48. The van der Waals surface area contributed by atoms with E-state index in [0.717, 1.165) is 50.4 Å². The second-order valence-electron chi connectivity index (χ2n) is 7.62. The Morgan fingerprint density at radius 1 is 1.23 bits per heavy atom. The number of rotatable bonds is 5. The molecule has 2 atom stereocenters. The molecular formula is C21H34N4O. The molecule has 1 N–H and O–H groups in total. The van der Waals surface area contributed by atoms with Crippen molar-refractivity contribution in [3.8, 4) is 5.75 Å². The number of nitrogens with zero attached hydrogens (tertiary/aromatic N) is 3. The largest absolute Gasteiger partial charge is 0.496 e. The monoisotopic (exact) mass is 358 g/mol. The summed E-state index contributed by atoms with van der Waals surface area (Å²) in [5.74, 6) is 2.76. The first-order chi connectivity index (χ1) is 12.7. The molecule has 2 aliphatic rings. The van der Waals surface area contributed by atoms with E-state index >= 15 is 0 Å². The molecule has 26 heavy (non-hydrogen) atoms. The van der Waals surface area contributed by atoms with Crippen LogP contribution in [0, 0.1) is 5.92 Å². The summed E-state index contributed by atoms with van der Waals surface area (Å²) in [4.78, 5) is 9.56. The van der Waals surface area contributed by atoms with Crippen LogP contribution in [0.1, 0.15) is 44.2 Å². The molecule has 0 radical (unpaired) electrons.